The average Bonchev–Trinajstić information content (AvgIpc) is 3.48. The second-order valence-corrected chi connectivity index (χ2v) is 11.8. The molecule has 1 aliphatic carbocycles. The fourth-order valence-electron chi connectivity index (χ4n) is 5.59. The van der Waals surface area contributed by atoms with Crippen molar-refractivity contribution in [1.29, 1.82) is 0 Å². The van der Waals surface area contributed by atoms with Gasteiger partial charge in [-0.05, 0) is 75.1 Å². The molecule has 0 spiro atoms. The average molecular weight is 587 g/mol. The Balaban J connectivity index is 1.69. The molecule has 2 aromatic carbocycles. The topological polar surface area (TPSA) is 41.5 Å². The summed E-state index contributed by atoms with van der Waals surface area (Å²) in [6, 6.07) is 12.2. The largest absolute Gasteiger partial charge is 0.489 e. The van der Waals surface area contributed by atoms with E-state index in [1.807, 2.05) is 30.2 Å². The minimum Gasteiger partial charge on any atom is -0.489 e. The molecule has 222 valence electrons. The van der Waals surface area contributed by atoms with Crippen LogP contribution in [0.25, 0.3) is 0 Å². The predicted molar refractivity (Wildman–Crippen MR) is 163 cm³/mol. The highest BCUT2D eigenvalue weighted by Crippen LogP contribution is 2.36. The number of rotatable bonds is 13. The fourth-order valence-corrected chi connectivity index (χ4v) is 5.84. The van der Waals surface area contributed by atoms with Gasteiger partial charge in [-0.3, -0.25) is 0 Å². The zero-order chi connectivity index (χ0) is 29.4. The Bertz CT molecular complexity index is 1250. The van der Waals surface area contributed by atoms with Crippen LogP contribution >= 0.6 is 11.8 Å². The molecule has 41 heavy (non-hydrogen) atoms. The molecule has 1 atom stereocenters. The molecule has 1 fully saturated rings. The quantitative estimate of drug-likeness (QED) is 0.188. The first-order valence-corrected chi connectivity index (χ1v) is 15.8. The number of nitrogens with zero attached hydrogens (tertiary/aromatic N) is 4. The standard InChI is InChI=1S/C32H41F3N4OS/c1-5-38(21-25-10-6-7-11-25)30-13-9-8-12-26(30)22-39(31-36-19-29(20-37-31)40-14-15-41-4)24(3)27-16-23(2)17-28(18-27)32(33,34)35/h8-9,12-13,16-20,24-25H,5-7,10-11,14-15,21-22H2,1-4H3. The molecule has 3 aromatic rings. The number of para-hydroxylation sites is 1. The van der Waals surface area contributed by atoms with Crippen molar-refractivity contribution in [3.05, 3.63) is 77.1 Å². The Morgan fingerprint density at radius 1 is 1.07 bits per heavy atom. The molecule has 1 unspecified atom stereocenters. The molecule has 0 amide bonds. The minimum absolute atomic E-state index is 0.419. The number of hydrogen-bond acceptors (Lipinski definition) is 6. The summed E-state index contributed by atoms with van der Waals surface area (Å²) in [4.78, 5) is 13.7. The normalized spacial score (nSPS) is 14.7. The van der Waals surface area contributed by atoms with Gasteiger partial charge in [0.2, 0.25) is 5.95 Å². The maximum atomic E-state index is 13.7. The monoisotopic (exact) mass is 586 g/mol. The zero-order valence-electron chi connectivity index (χ0n) is 24.5. The second-order valence-electron chi connectivity index (χ2n) is 10.8. The van der Waals surface area contributed by atoms with Gasteiger partial charge >= 0.3 is 6.18 Å². The lowest BCUT2D eigenvalue weighted by molar-refractivity contribution is -0.137. The van der Waals surface area contributed by atoms with Crippen molar-refractivity contribution in [3.63, 3.8) is 0 Å². The first kappa shape index (κ1) is 31.0. The van der Waals surface area contributed by atoms with E-state index in [9.17, 15) is 13.2 Å². The minimum atomic E-state index is -4.42. The molecule has 1 aromatic heterocycles. The van der Waals surface area contributed by atoms with Gasteiger partial charge in [0.1, 0.15) is 0 Å². The first-order chi connectivity index (χ1) is 19.7. The SMILES string of the molecule is CCN(CC1CCCC1)c1ccccc1CN(c1ncc(OCCSC)cn1)C(C)c1cc(C)cc(C(F)(F)F)c1. The van der Waals surface area contributed by atoms with Gasteiger partial charge in [-0.15, -0.1) is 0 Å². The Morgan fingerprint density at radius 3 is 2.44 bits per heavy atom. The number of anilines is 2. The highest BCUT2D eigenvalue weighted by atomic mass is 32.2. The number of halogens is 3. The Morgan fingerprint density at radius 2 is 1.78 bits per heavy atom. The van der Waals surface area contributed by atoms with Crippen LogP contribution in [0, 0.1) is 12.8 Å². The van der Waals surface area contributed by atoms with E-state index in [4.69, 9.17) is 4.74 Å². The molecule has 5 nitrogen and oxygen atoms in total. The summed E-state index contributed by atoms with van der Waals surface area (Å²) in [6.45, 7) is 8.68. The van der Waals surface area contributed by atoms with Crippen LogP contribution in [0.3, 0.4) is 0 Å². The number of aryl methyl sites for hydroxylation is 1. The van der Waals surface area contributed by atoms with E-state index in [1.165, 1.54) is 37.8 Å². The maximum absolute atomic E-state index is 13.7. The van der Waals surface area contributed by atoms with Crippen LogP contribution in [0.2, 0.25) is 0 Å². The molecule has 0 aliphatic heterocycles. The summed E-state index contributed by atoms with van der Waals surface area (Å²) in [5.74, 6) is 2.55. The van der Waals surface area contributed by atoms with Crippen molar-refractivity contribution >= 4 is 23.4 Å². The van der Waals surface area contributed by atoms with Crippen molar-refractivity contribution in [2.45, 2.75) is 65.2 Å². The van der Waals surface area contributed by atoms with E-state index in [1.54, 1.807) is 31.1 Å². The Hall–Kier alpha value is -2.94. The molecule has 9 heteroatoms. The molecular weight excluding hydrogens is 545 g/mol. The van der Waals surface area contributed by atoms with Crippen LogP contribution in [0.5, 0.6) is 5.75 Å². The summed E-state index contributed by atoms with van der Waals surface area (Å²) < 4.78 is 47.0. The summed E-state index contributed by atoms with van der Waals surface area (Å²) in [5, 5.41) is 0. The van der Waals surface area contributed by atoms with E-state index in [0.29, 0.717) is 41.9 Å². The lowest BCUT2D eigenvalue weighted by Gasteiger charge is -2.33. The van der Waals surface area contributed by atoms with E-state index < -0.39 is 17.8 Å². The zero-order valence-corrected chi connectivity index (χ0v) is 25.3. The van der Waals surface area contributed by atoms with Gasteiger partial charge in [0, 0.05) is 31.1 Å². The van der Waals surface area contributed by atoms with Crippen molar-refractivity contribution in [3.8, 4) is 5.75 Å². The summed E-state index contributed by atoms with van der Waals surface area (Å²) >= 11 is 1.69. The number of alkyl halides is 3. The van der Waals surface area contributed by atoms with Crippen LogP contribution in [-0.4, -0.2) is 41.7 Å². The van der Waals surface area contributed by atoms with Crippen molar-refractivity contribution in [2.75, 3.05) is 41.5 Å². The van der Waals surface area contributed by atoms with Gasteiger partial charge in [-0.2, -0.15) is 24.9 Å². The van der Waals surface area contributed by atoms with Crippen LogP contribution in [0.15, 0.2) is 54.9 Å². The van der Waals surface area contributed by atoms with E-state index in [0.717, 1.165) is 30.1 Å². The molecule has 4 rings (SSSR count). The molecule has 1 heterocycles. The third-order valence-electron chi connectivity index (χ3n) is 7.81. The van der Waals surface area contributed by atoms with Crippen LogP contribution in [0.1, 0.15) is 67.8 Å². The van der Waals surface area contributed by atoms with Gasteiger partial charge < -0.3 is 14.5 Å². The van der Waals surface area contributed by atoms with Crippen molar-refractivity contribution < 1.29 is 17.9 Å². The summed E-state index contributed by atoms with van der Waals surface area (Å²) in [5.41, 5.74) is 2.72. The molecule has 0 N–H and O–H groups in total. The van der Waals surface area contributed by atoms with E-state index in [-0.39, 0.29) is 0 Å². The van der Waals surface area contributed by atoms with Crippen molar-refractivity contribution in [1.82, 2.24) is 9.97 Å². The molecule has 1 aliphatic rings. The highest BCUT2D eigenvalue weighted by molar-refractivity contribution is 7.98. The van der Waals surface area contributed by atoms with Crippen LogP contribution in [-0.2, 0) is 12.7 Å². The number of benzene rings is 2. The van der Waals surface area contributed by atoms with Gasteiger partial charge in [-0.25, -0.2) is 9.97 Å². The second kappa shape index (κ2) is 14.3. The number of hydrogen-bond donors (Lipinski definition) is 0. The molecule has 1 saturated carbocycles. The Labute approximate surface area is 246 Å². The van der Waals surface area contributed by atoms with Gasteiger partial charge in [0.25, 0.3) is 0 Å². The van der Waals surface area contributed by atoms with Crippen LogP contribution < -0.4 is 14.5 Å². The molecule has 0 radical (unpaired) electrons. The third-order valence-corrected chi connectivity index (χ3v) is 8.39. The van der Waals surface area contributed by atoms with Crippen LogP contribution in [0.4, 0.5) is 24.8 Å². The third kappa shape index (κ3) is 8.31. The maximum Gasteiger partial charge on any atom is 0.416 e. The van der Waals surface area contributed by atoms with Gasteiger partial charge in [0.15, 0.2) is 5.75 Å². The Kier molecular flexibility index (Phi) is 10.8. The fraction of sp³-hybridized carbons (Fsp3) is 0.500. The highest BCUT2D eigenvalue weighted by Gasteiger charge is 2.32. The number of aromatic nitrogens is 2. The molecular formula is C32H41F3N4OS. The molecule has 0 bridgehead atoms. The summed E-state index contributed by atoms with van der Waals surface area (Å²) in [6.07, 6.45) is 5.98. The molecule has 0 saturated heterocycles. The van der Waals surface area contributed by atoms with Gasteiger partial charge in [-0.1, -0.05) is 42.7 Å². The summed E-state index contributed by atoms with van der Waals surface area (Å²) in [7, 11) is 0. The van der Waals surface area contributed by atoms with E-state index >= 15 is 0 Å². The smallest absolute Gasteiger partial charge is 0.416 e. The first-order valence-electron chi connectivity index (χ1n) is 14.4. The van der Waals surface area contributed by atoms with E-state index in [2.05, 4.69) is 40.0 Å². The number of ether oxygens (including phenoxy) is 1. The van der Waals surface area contributed by atoms with Crippen molar-refractivity contribution in [2.24, 2.45) is 5.92 Å². The lowest BCUT2D eigenvalue weighted by Crippen LogP contribution is -2.32. The lowest BCUT2D eigenvalue weighted by atomic mass is 9.99. The van der Waals surface area contributed by atoms with Gasteiger partial charge in [0.05, 0.1) is 30.6 Å². The predicted octanol–water partition coefficient (Wildman–Crippen LogP) is 8.33. The number of thioether (sulfide) groups is 1.